The highest BCUT2D eigenvalue weighted by Crippen LogP contribution is 2.38. The zero-order valence-corrected chi connectivity index (χ0v) is 13.5. The summed E-state index contributed by atoms with van der Waals surface area (Å²) in [4.78, 5) is 19.5. The largest absolute Gasteiger partial charge is 0.481 e. The Morgan fingerprint density at radius 2 is 2.15 bits per heavy atom. The van der Waals surface area contributed by atoms with Crippen LogP contribution in [0.15, 0.2) is 0 Å². The van der Waals surface area contributed by atoms with Crippen molar-refractivity contribution in [3.8, 4) is 0 Å². The fourth-order valence-electron chi connectivity index (χ4n) is 2.67. The summed E-state index contributed by atoms with van der Waals surface area (Å²) >= 11 is 1.69. The van der Waals surface area contributed by atoms with E-state index in [9.17, 15) is 9.90 Å². The minimum Gasteiger partial charge on any atom is -0.481 e. The van der Waals surface area contributed by atoms with Gasteiger partial charge in [-0.1, -0.05) is 13.8 Å². The van der Waals surface area contributed by atoms with Crippen LogP contribution >= 0.6 is 11.3 Å². The van der Waals surface area contributed by atoms with Gasteiger partial charge in [0.05, 0.1) is 5.69 Å². The lowest BCUT2D eigenvalue weighted by Gasteiger charge is -2.27. The number of anilines is 1. The number of aryl methyl sites for hydroxylation is 1. The van der Waals surface area contributed by atoms with E-state index in [-0.39, 0.29) is 0 Å². The molecule has 1 unspecified atom stereocenters. The van der Waals surface area contributed by atoms with Crippen molar-refractivity contribution in [3.05, 3.63) is 10.6 Å². The number of hydrogen-bond donors (Lipinski definition) is 1. The van der Waals surface area contributed by atoms with Gasteiger partial charge in [-0.15, -0.1) is 11.3 Å². The van der Waals surface area contributed by atoms with Crippen molar-refractivity contribution < 1.29 is 9.90 Å². The van der Waals surface area contributed by atoms with E-state index in [4.69, 9.17) is 4.98 Å². The van der Waals surface area contributed by atoms with Gasteiger partial charge in [0.15, 0.2) is 5.13 Å². The molecule has 0 aromatic carbocycles. The SMILES string of the molecule is CC(C)CN(c1nc2c(s1)CCCC2C(=O)O)C(C)C. The Balaban J connectivity index is 2.32. The van der Waals surface area contributed by atoms with Crippen LogP contribution in [0, 0.1) is 5.92 Å². The van der Waals surface area contributed by atoms with Crippen LogP contribution < -0.4 is 4.90 Å². The van der Waals surface area contributed by atoms with E-state index in [0.717, 1.165) is 36.6 Å². The van der Waals surface area contributed by atoms with E-state index >= 15 is 0 Å². The van der Waals surface area contributed by atoms with Crippen molar-refractivity contribution in [1.29, 1.82) is 0 Å². The van der Waals surface area contributed by atoms with Crippen LogP contribution in [0.4, 0.5) is 5.13 Å². The molecule has 0 amide bonds. The van der Waals surface area contributed by atoms with Crippen LogP contribution in [0.1, 0.15) is 57.0 Å². The Kier molecular flexibility index (Phi) is 4.68. The van der Waals surface area contributed by atoms with Crippen LogP contribution in [0.25, 0.3) is 0 Å². The molecule has 4 nitrogen and oxygen atoms in total. The molecule has 1 aliphatic carbocycles. The number of thiazole rings is 1. The third-order valence-corrected chi connectivity index (χ3v) is 4.84. The third-order valence-electron chi connectivity index (χ3n) is 3.67. The number of carboxylic acids is 1. The zero-order chi connectivity index (χ0) is 14.9. The van der Waals surface area contributed by atoms with Gasteiger partial charge < -0.3 is 10.0 Å². The van der Waals surface area contributed by atoms with Crippen molar-refractivity contribution >= 4 is 22.4 Å². The van der Waals surface area contributed by atoms with Crippen LogP contribution in [-0.2, 0) is 11.2 Å². The Hall–Kier alpha value is -1.10. The highest BCUT2D eigenvalue weighted by Gasteiger charge is 2.31. The van der Waals surface area contributed by atoms with Gasteiger partial charge >= 0.3 is 5.97 Å². The Morgan fingerprint density at radius 1 is 1.45 bits per heavy atom. The molecule has 1 aliphatic rings. The molecule has 0 bridgehead atoms. The molecule has 1 atom stereocenters. The predicted octanol–water partition coefficient (Wildman–Crippen LogP) is 3.52. The maximum atomic E-state index is 11.4. The third kappa shape index (κ3) is 3.14. The van der Waals surface area contributed by atoms with Crippen molar-refractivity contribution in [3.63, 3.8) is 0 Å². The average Bonchev–Trinajstić information content (AvgIpc) is 2.77. The van der Waals surface area contributed by atoms with Crippen LogP contribution in [-0.4, -0.2) is 28.6 Å². The summed E-state index contributed by atoms with van der Waals surface area (Å²) in [5.41, 5.74) is 0.818. The Morgan fingerprint density at radius 3 is 2.70 bits per heavy atom. The minimum atomic E-state index is -0.734. The van der Waals surface area contributed by atoms with E-state index in [0.29, 0.717) is 12.0 Å². The molecule has 0 fully saturated rings. The summed E-state index contributed by atoms with van der Waals surface area (Å²) in [5.74, 6) is -0.576. The molecular formula is C15H24N2O2S. The fraction of sp³-hybridized carbons (Fsp3) is 0.733. The van der Waals surface area contributed by atoms with Crippen molar-refractivity contribution in [2.75, 3.05) is 11.4 Å². The summed E-state index contributed by atoms with van der Waals surface area (Å²) in [5, 5.41) is 10.3. The van der Waals surface area contributed by atoms with Gasteiger partial charge in [-0.2, -0.15) is 0 Å². The molecule has 20 heavy (non-hydrogen) atoms. The highest BCUT2D eigenvalue weighted by atomic mass is 32.1. The van der Waals surface area contributed by atoms with Gasteiger partial charge in [0.25, 0.3) is 0 Å². The molecule has 1 aromatic heterocycles. The summed E-state index contributed by atoms with van der Waals surface area (Å²) in [6.45, 7) is 9.68. The van der Waals surface area contributed by atoms with Crippen LogP contribution in [0.2, 0.25) is 0 Å². The van der Waals surface area contributed by atoms with Crippen LogP contribution in [0.3, 0.4) is 0 Å². The van der Waals surface area contributed by atoms with Gasteiger partial charge in [0.2, 0.25) is 0 Å². The normalized spacial score (nSPS) is 18.4. The first-order valence-corrected chi connectivity index (χ1v) is 8.20. The predicted molar refractivity (Wildman–Crippen MR) is 82.7 cm³/mol. The molecule has 112 valence electrons. The number of fused-ring (bicyclic) bond motifs is 1. The molecule has 0 radical (unpaired) electrons. The minimum absolute atomic E-state index is 0.383. The summed E-state index contributed by atoms with van der Waals surface area (Å²) < 4.78 is 0. The van der Waals surface area contributed by atoms with Gasteiger partial charge in [0, 0.05) is 17.5 Å². The number of aliphatic carboxylic acids is 1. The number of rotatable bonds is 5. The molecule has 2 rings (SSSR count). The molecule has 1 aromatic rings. The lowest BCUT2D eigenvalue weighted by Crippen LogP contribution is -2.34. The maximum absolute atomic E-state index is 11.4. The van der Waals surface area contributed by atoms with Crippen molar-refractivity contribution in [2.24, 2.45) is 5.92 Å². The van der Waals surface area contributed by atoms with Crippen molar-refractivity contribution in [2.45, 2.75) is 58.9 Å². The monoisotopic (exact) mass is 296 g/mol. The highest BCUT2D eigenvalue weighted by molar-refractivity contribution is 7.15. The second-order valence-electron chi connectivity index (χ2n) is 6.23. The topological polar surface area (TPSA) is 53.4 Å². The molecule has 0 aliphatic heterocycles. The second-order valence-corrected chi connectivity index (χ2v) is 7.29. The lowest BCUT2D eigenvalue weighted by atomic mass is 9.91. The van der Waals surface area contributed by atoms with Crippen molar-refractivity contribution in [1.82, 2.24) is 4.98 Å². The zero-order valence-electron chi connectivity index (χ0n) is 12.7. The number of carboxylic acid groups (broad SMARTS) is 1. The summed E-state index contributed by atoms with van der Waals surface area (Å²) in [6, 6.07) is 0.383. The molecular weight excluding hydrogens is 272 g/mol. The first kappa shape index (κ1) is 15.3. The molecule has 5 heteroatoms. The van der Waals surface area contributed by atoms with Gasteiger partial charge in [-0.05, 0) is 39.0 Å². The molecule has 0 saturated heterocycles. The first-order valence-electron chi connectivity index (χ1n) is 7.39. The number of nitrogens with zero attached hydrogens (tertiary/aromatic N) is 2. The van der Waals surface area contributed by atoms with Gasteiger partial charge in [-0.3, -0.25) is 4.79 Å². The van der Waals surface area contributed by atoms with E-state index in [1.807, 2.05) is 0 Å². The Bertz CT molecular complexity index is 482. The molecule has 1 N–H and O–H groups in total. The van der Waals surface area contributed by atoms with E-state index in [1.54, 1.807) is 11.3 Å². The molecule has 1 heterocycles. The summed E-state index contributed by atoms with van der Waals surface area (Å²) in [7, 11) is 0. The summed E-state index contributed by atoms with van der Waals surface area (Å²) in [6.07, 6.45) is 2.65. The van der Waals surface area contributed by atoms with E-state index in [2.05, 4.69) is 32.6 Å². The average molecular weight is 296 g/mol. The first-order chi connectivity index (χ1) is 9.40. The Labute approximate surface area is 124 Å². The number of hydrogen-bond acceptors (Lipinski definition) is 4. The van der Waals surface area contributed by atoms with E-state index in [1.165, 1.54) is 4.88 Å². The molecule has 0 saturated carbocycles. The molecule has 0 spiro atoms. The quantitative estimate of drug-likeness (QED) is 0.903. The lowest BCUT2D eigenvalue weighted by molar-refractivity contribution is -0.139. The van der Waals surface area contributed by atoms with E-state index < -0.39 is 11.9 Å². The standard InChI is InChI=1S/C15H24N2O2S/c1-9(2)8-17(10(3)4)15-16-13-11(14(18)19)6-5-7-12(13)20-15/h9-11H,5-8H2,1-4H3,(H,18,19). The van der Waals surface area contributed by atoms with Crippen LogP contribution in [0.5, 0.6) is 0 Å². The smallest absolute Gasteiger partial charge is 0.312 e. The number of aromatic nitrogens is 1. The number of carbonyl (C=O) groups is 1. The maximum Gasteiger partial charge on any atom is 0.312 e. The fourth-order valence-corrected chi connectivity index (χ4v) is 3.98. The van der Waals surface area contributed by atoms with Gasteiger partial charge in [-0.25, -0.2) is 4.98 Å². The second kappa shape index (κ2) is 6.12. The van der Waals surface area contributed by atoms with Gasteiger partial charge in [0.1, 0.15) is 5.92 Å².